The minimum absolute atomic E-state index is 0.105. The average Bonchev–Trinajstić information content (AvgIpc) is 2.77. The number of thiocarbonyl (C=S) groups is 1. The second-order valence-electron chi connectivity index (χ2n) is 3.87. The first kappa shape index (κ1) is 15.1. The number of aromatic nitrogens is 2. The van der Waals surface area contributed by atoms with E-state index in [9.17, 15) is 8.42 Å². The number of H-pyrrole nitrogens is 1. The molecule has 18 heavy (non-hydrogen) atoms. The molecule has 1 aromatic rings. The van der Waals surface area contributed by atoms with Gasteiger partial charge in [-0.15, -0.1) is 0 Å². The number of aromatic amines is 1. The van der Waals surface area contributed by atoms with Crippen LogP contribution in [0.5, 0.6) is 0 Å². The lowest BCUT2D eigenvalue weighted by molar-refractivity contribution is 0.574. The van der Waals surface area contributed by atoms with Crippen molar-refractivity contribution in [1.29, 1.82) is 0 Å². The molecule has 0 unspecified atom stereocenters. The van der Waals surface area contributed by atoms with Crippen molar-refractivity contribution in [1.82, 2.24) is 14.7 Å². The highest BCUT2D eigenvalue weighted by molar-refractivity contribution is 7.89. The van der Waals surface area contributed by atoms with Crippen LogP contribution in [-0.2, 0) is 16.4 Å². The molecular weight excluding hydrogens is 272 g/mol. The Balaban J connectivity index is 2.42. The lowest BCUT2D eigenvalue weighted by Crippen LogP contribution is -2.25. The standard InChI is InChI=1S/C10H18N4O2S2/c1-2-9-12-7-10(14-9)18(15,16)13-6-4-3-5-8(11)17/h7,13H,2-6H2,1H3,(H2,11,17)(H,12,14). The maximum absolute atomic E-state index is 11.8. The van der Waals surface area contributed by atoms with E-state index in [1.54, 1.807) is 0 Å². The highest BCUT2D eigenvalue weighted by atomic mass is 32.2. The van der Waals surface area contributed by atoms with Crippen molar-refractivity contribution in [3.8, 4) is 0 Å². The fraction of sp³-hybridized carbons (Fsp3) is 0.600. The van der Waals surface area contributed by atoms with Gasteiger partial charge in [-0.2, -0.15) is 0 Å². The topological polar surface area (TPSA) is 101 Å². The Kier molecular flexibility index (Phi) is 5.70. The van der Waals surface area contributed by atoms with Crippen molar-refractivity contribution >= 4 is 27.2 Å². The van der Waals surface area contributed by atoms with Crippen molar-refractivity contribution < 1.29 is 8.42 Å². The molecule has 102 valence electrons. The van der Waals surface area contributed by atoms with Crippen LogP contribution in [0.25, 0.3) is 0 Å². The number of imidazole rings is 1. The van der Waals surface area contributed by atoms with Gasteiger partial charge in [-0.1, -0.05) is 19.1 Å². The zero-order valence-corrected chi connectivity index (χ0v) is 11.9. The van der Waals surface area contributed by atoms with Gasteiger partial charge in [-0.3, -0.25) is 0 Å². The summed E-state index contributed by atoms with van der Waals surface area (Å²) in [5, 5.41) is 0.105. The summed E-state index contributed by atoms with van der Waals surface area (Å²) in [4.78, 5) is 7.18. The molecule has 0 fully saturated rings. The zero-order valence-electron chi connectivity index (χ0n) is 10.3. The quantitative estimate of drug-likeness (QED) is 0.483. The maximum atomic E-state index is 11.8. The number of sulfonamides is 1. The van der Waals surface area contributed by atoms with Crippen molar-refractivity contribution in [2.75, 3.05) is 6.54 Å². The number of hydrogen-bond acceptors (Lipinski definition) is 4. The Morgan fingerprint density at radius 3 is 2.83 bits per heavy atom. The number of nitrogens with zero attached hydrogens (tertiary/aromatic N) is 1. The first-order chi connectivity index (χ1) is 8.45. The first-order valence-electron chi connectivity index (χ1n) is 5.77. The second kappa shape index (κ2) is 6.81. The molecule has 0 aromatic carbocycles. The third-order valence-corrected chi connectivity index (χ3v) is 3.95. The van der Waals surface area contributed by atoms with Gasteiger partial charge in [0.25, 0.3) is 10.0 Å². The van der Waals surface area contributed by atoms with Crippen LogP contribution in [0.1, 0.15) is 32.0 Å². The van der Waals surface area contributed by atoms with Gasteiger partial charge in [0.05, 0.1) is 11.2 Å². The number of aryl methyl sites for hydroxylation is 1. The highest BCUT2D eigenvalue weighted by Crippen LogP contribution is 2.06. The minimum Gasteiger partial charge on any atom is -0.393 e. The summed E-state index contributed by atoms with van der Waals surface area (Å²) in [6.07, 6.45) is 4.12. The van der Waals surface area contributed by atoms with Gasteiger partial charge in [0, 0.05) is 13.0 Å². The van der Waals surface area contributed by atoms with Gasteiger partial charge >= 0.3 is 0 Å². The SMILES string of the molecule is CCc1ncc(S(=O)(=O)NCCCCC(N)=S)[nH]1. The van der Waals surface area contributed by atoms with E-state index < -0.39 is 10.0 Å². The molecular formula is C10H18N4O2S2. The van der Waals surface area contributed by atoms with Crippen LogP contribution in [0.15, 0.2) is 11.2 Å². The fourth-order valence-electron chi connectivity index (χ4n) is 1.37. The first-order valence-corrected chi connectivity index (χ1v) is 7.66. The van der Waals surface area contributed by atoms with Gasteiger partial charge in [0.1, 0.15) is 5.82 Å². The molecule has 0 atom stereocenters. The third kappa shape index (κ3) is 4.71. The molecule has 0 saturated heterocycles. The lowest BCUT2D eigenvalue weighted by atomic mass is 10.2. The average molecular weight is 290 g/mol. The molecule has 1 heterocycles. The van der Waals surface area contributed by atoms with Crippen LogP contribution in [-0.4, -0.2) is 29.9 Å². The predicted molar refractivity (Wildman–Crippen MR) is 73.8 cm³/mol. The Bertz CT molecular complexity index is 496. The van der Waals surface area contributed by atoms with Gasteiger partial charge in [0.15, 0.2) is 5.03 Å². The molecule has 4 N–H and O–H groups in total. The summed E-state index contributed by atoms with van der Waals surface area (Å²) < 4.78 is 26.2. The molecule has 0 radical (unpaired) electrons. The van der Waals surface area contributed by atoms with Crippen LogP contribution < -0.4 is 10.5 Å². The lowest BCUT2D eigenvalue weighted by Gasteiger charge is -2.04. The van der Waals surface area contributed by atoms with Gasteiger partial charge in [0.2, 0.25) is 0 Å². The van der Waals surface area contributed by atoms with Crippen molar-refractivity contribution in [3.05, 3.63) is 12.0 Å². The van der Waals surface area contributed by atoms with Gasteiger partial charge in [-0.05, 0) is 19.3 Å². The van der Waals surface area contributed by atoms with Crippen LogP contribution in [0.4, 0.5) is 0 Å². The summed E-state index contributed by atoms with van der Waals surface area (Å²) in [5.74, 6) is 0.656. The van der Waals surface area contributed by atoms with Crippen molar-refractivity contribution in [3.63, 3.8) is 0 Å². The largest absolute Gasteiger partial charge is 0.393 e. The second-order valence-corrected chi connectivity index (χ2v) is 6.13. The molecule has 8 heteroatoms. The van der Waals surface area contributed by atoms with Crippen molar-refractivity contribution in [2.45, 2.75) is 37.6 Å². The number of nitrogens with one attached hydrogen (secondary N) is 2. The van der Waals surface area contributed by atoms with E-state index in [1.165, 1.54) is 6.20 Å². The summed E-state index contributed by atoms with van der Waals surface area (Å²) in [6, 6.07) is 0. The number of rotatable bonds is 8. The van der Waals surface area contributed by atoms with Crippen LogP contribution in [0.2, 0.25) is 0 Å². The highest BCUT2D eigenvalue weighted by Gasteiger charge is 2.15. The monoisotopic (exact) mass is 290 g/mol. The summed E-state index contributed by atoms with van der Waals surface area (Å²) in [6.45, 7) is 2.27. The molecule has 0 aliphatic carbocycles. The van der Waals surface area contributed by atoms with Crippen LogP contribution in [0.3, 0.4) is 0 Å². The van der Waals surface area contributed by atoms with E-state index in [-0.39, 0.29) is 5.03 Å². The molecule has 6 nitrogen and oxygen atoms in total. The summed E-state index contributed by atoms with van der Waals surface area (Å²) in [7, 11) is -3.48. The van der Waals surface area contributed by atoms with E-state index >= 15 is 0 Å². The summed E-state index contributed by atoms with van der Waals surface area (Å²) in [5.41, 5.74) is 5.35. The molecule has 0 amide bonds. The van der Waals surface area contributed by atoms with E-state index in [1.807, 2.05) is 6.92 Å². The van der Waals surface area contributed by atoms with Gasteiger partial charge < -0.3 is 10.7 Å². The smallest absolute Gasteiger partial charge is 0.257 e. The Hall–Kier alpha value is -0.990. The zero-order chi connectivity index (χ0) is 13.6. The Morgan fingerprint density at radius 2 is 2.28 bits per heavy atom. The van der Waals surface area contributed by atoms with E-state index in [4.69, 9.17) is 18.0 Å². The predicted octanol–water partition coefficient (Wildman–Crippen LogP) is 0.707. The molecule has 0 aliphatic rings. The fourth-order valence-corrected chi connectivity index (χ4v) is 2.52. The number of unbranched alkanes of at least 4 members (excludes halogenated alkanes) is 1. The maximum Gasteiger partial charge on any atom is 0.257 e. The van der Waals surface area contributed by atoms with E-state index in [0.29, 0.717) is 36.6 Å². The number of hydrogen-bond donors (Lipinski definition) is 3. The molecule has 0 aliphatic heterocycles. The van der Waals surface area contributed by atoms with Crippen molar-refractivity contribution in [2.24, 2.45) is 5.73 Å². The normalized spacial score (nSPS) is 11.6. The molecule has 0 spiro atoms. The molecule has 0 saturated carbocycles. The third-order valence-electron chi connectivity index (χ3n) is 2.37. The van der Waals surface area contributed by atoms with Crippen LogP contribution in [0, 0.1) is 0 Å². The molecule has 0 bridgehead atoms. The molecule has 1 aromatic heterocycles. The Morgan fingerprint density at radius 1 is 1.56 bits per heavy atom. The minimum atomic E-state index is -3.48. The Labute approximate surface area is 112 Å². The van der Waals surface area contributed by atoms with Gasteiger partial charge in [-0.25, -0.2) is 18.1 Å². The van der Waals surface area contributed by atoms with E-state index in [0.717, 1.165) is 6.42 Å². The van der Waals surface area contributed by atoms with Crippen LogP contribution >= 0.6 is 12.2 Å². The summed E-state index contributed by atoms with van der Waals surface area (Å²) >= 11 is 4.74. The van der Waals surface area contributed by atoms with E-state index in [2.05, 4.69) is 14.7 Å². The number of nitrogens with two attached hydrogens (primary N) is 1. The molecule has 1 rings (SSSR count).